The number of nitrogens with one attached hydrogen (secondary N) is 4. The number of aliphatic carboxylic acids is 1. The van der Waals surface area contributed by atoms with E-state index in [1.807, 2.05) is 38.1 Å². The monoisotopic (exact) mass is 488 g/mol. The number of aromatic amines is 1. The van der Waals surface area contributed by atoms with Crippen LogP contribution in [0.2, 0.25) is 0 Å². The average Bonchev–Trinajstić information content (AvgIpc) is 3.23. The Hall–Kier alpha value is -3.40. The van der Waals surface area contributed by atoms with Gasteiger partial charge in [-0.05, 0) is 43.7 Å². The van der Waals surface area contributed by atoms with Crippen LogP contribution in [0.15, 0.2) is 30.5 Å². The molecule has 1 aromatic heterocycles. The first kappa shape index (κ1) is 27.8. The minimum atomic E-state index is -1.10. The lowest BCUT2D eigenvalue weighted by Crippen LogP contribution is -2.57. The van der Waals surface area contributed by atoms with E-state index in [1.165, 1.54) is 14.0 Å². The highest BCUT2D eigenvalue weighted by atomic mass is 16.5. The number of rotatable bonds is 13. The van der Waals surface area contributed by atoms with Crippen LogP contribution in [0.1, 0.15) is 46.1 Å². The summed E-state index contributed by atoms with van der Waals surface area (Å²) in [6.45, 7) is 7.03. The number of amides is 2. The van der Waals surface area contributed by atoms with Crippen LogP contribution in [-0.2, 0) is 30.3 Å². The molecule has 35 heavy (non-hydrogen) atoms. The van der Waals surface area contributed by atoms with Crippen LogP contribution in [0.5, 0.6) is 0 Å². The maximum Gasteiger partial charge on any atom is 0.328 e. The Morgan fingerprint density at radius 3 is 2.23 bits per heavy atom. The first-order chi connectivity index (χ1) is 16.6. The third-order valence-corrected chi connectivity index (χ3v) is 5.79. The van der Waals surface area contributed by atoms with Crippen LogP contribution < -0.4 is 16.0 Å². The molecular weight excluding hydrogens is 452 g/mol. The maximum absolute atomic E-state index is 13.4. The molecule has 0 bridgehead atoms. The van der Waals surface area contributed by atoms with Crippen molar-refractivity contribution in [3.8, 4) is 0 Å². The summed E-state index contributed by atoms with van der Waals surface area (Å²) >= 11 is 0. The number of H-pyrrole nitrogens is 1. The fourth-order valence-electron chi connectivity index (χ4n) is 3.84. The molecule has 2 amide bonds. The van der Waals surface area contributed by atoms with Crippen molar-refractivity contribution >= 4 is 34.7 Å². The second-order valence-corrected chi connectivity index (χ2v) is 9.03. The van der Waals surface area contributed by atoms with Crippen molar-refractivity contribution in [3.05, 3.63) is 36.0 Å². The largest absolute Gasteiger partial charge is 0.480 e. The van der Waals surface area contributed by atoms with Crippen molar-refractivity contribution in [1.82, 2.24) is 20.9 Å². The lowest BCUT2D eigenvalue weighted by atomic mass is 10.00. The van der Waals surface area contributed by atoms with Crippen molar-refractivity contribution in [2.24, 2.45) is 5.92 Å². The quantitative estimate of drug-likeness (QED) is 0.270. The van der Waals surface area contributed by atoms with Crippen LogP contribution in [0.3, 0.4) is 0 Å². The molecule has 2 aromatic rings. The first-order valence-corrected chi connectivity index (χ1v) is 11.8. The van der Waals surface area contributed by atoms with Gasteiger partial charge in [0.25, 0.3) is 0 Å². The van der Waals surface area contributed by atoms with Crippen LogP contribution in [0.25, 0.3) is 10.9 Å². The van der Waals surface area contributed by atoms with Gasteiger partial charge in [0.1, 0.15) is 18.1 Å². The lowest BCUT2D eigenvalue weighted by molar-refractivity contribution is -0.145. The highest BCUT2D eigenvalue weighted by molar-refractivity contribution is 5.93. The number of para-hydroxylation sites is 1. The van der Waals surface area contributed by atoms with Gasteiger partial charge < -0.3 is 25.5 Å². The van der Waals surface area contributed by atoms with Gasteiger partial charge in [0.2, 0.25) is 11.8 Å². The molecule has 5 N–H and O–H groups in total. The van der Waals surface area contributed by atoms with Gasteiger partial charge in [0, 0.05) is 17.1 Å². The number of methoxy groups -OCH3 is 1. The Morgan fingerprint density at radius 2 is 1.63 bits per heavy atom. The summed E-state index contributed by atoms with van der Waals surface area (Å²) in [6.07, 6.45) is 2.67. The van der Waals surface area contributed by atoms with Crippen molar-refractivity contribution in [2.75, 3.05) is 7.11 Å². The zero-order chi connectivity index (χ0) is 26.1. The van der Waals surface area contributed by atoms with Crippen molar-refractivity contribution in [1.29, 1.82) is 0 Å². The molecule has 10 heteroatoms. The Kier molecular flexibility index (Phi) is 10.3. The number of ether oxygens (including phenoxy) is 1. The van der Waals surface area contributed by atoms with Gasteiger partial charge in [0.05, 0.1) is 13.2 Å². The standard InChI is InChI=1S/C25H36N4O6/c1-6-18(25(34)35-5)28-22(30)20(11-14(2)3)29-23(31)21(27-15(4)24(32)33)12-16-13-26-19-10-8-7-9-17(16)19/h7-10,13-15,18,20-21,26-27H,6,11-12H2,1-5H3,(H,28,30)(H,29,31)(H,32,33)/t15?,18-,20-,21-/m0/s1. The van der Waals surface area contributed by atoms with Gasteiger partial charge in [-0.1, -0.05) is 39.0 Å². The second kappa shape index (κ2) is 12.9. The SMILES string of the molecule is CC[C@H](NC(=O)[C@H](CC(C)C)NC(=O)[C@H](Cc1c[nH]c2ccccc12)NC(C)C(=O)O)C(=O)OC. The molecule has 1 aromatic carbocycles. The van der Waals surface area contributed by atoms with Gasteiger partial charge >= 0.3 is 11.9 Å². The normalized spacial score (nSPS) is 14.7. The van der Waals surface area contributed by atoms with E-state index in [0.717, 1.165) is 16.5 Å². The molecule has 0 aliphatic heterocycles. The highest BCUT2D eigenvalue weighted by Crippen LogP contribution is 2.19. The molecule has 0 fully saturated rings. The third kappa shape index (κ3) is 7.81. The molecule has 192 valence electrons. The van der Waals surface area contributed by atoms with Gasteiger partial charge in [-0.2, -0.15) is 0 Å². The Balaban J connectivity index is 2.26. The molecule has 4 atom stereocenters. The molecule has 0 saturated carbocycles. The summed E-state index contributed by atoms with van der Waals surface area (Å²) < 4.78 is 4.73. The molecule has 1 heterocycles. The lowest BCUT2D eigenvalue weighted by Gasteiger charge is -2.26. The number of carboxylic acids is 1. The van der Waals surface area contributed by atoms with E-state index in [4.69, 9.17) is 4.74 Å². The zero-order valence-corrected chi connectivity index (χ0v) is 20.9. The molecule has 10 nitrogen and oxygen atoms in total. The number of hydrogen-bond donors (Lipinski definition) is 5. The second-order valence-electron chi connectivity index (χ2n) is 9.03. The maximum atomic E-state index is 13.4. The van der Waals surface area contributed by atoms with E-state index < -0.39 is 47.9 Å². The van der Waals surface area contributed by atoms with Gasteiger partial charge in [-0.3, -0.25) is 19.7 Å². The summed E-state index contributed by atoms with van der Waals surface area (Å²) in [5.41, 5.74) is 1.74. The Labute approximate surface area is 205 Å². The number of aromatic nitrogens is 1. The summed E-state index contributed by atoms with van der Waals surface area (Å²) in [5, 5.41) is 18.6. The number of esters is 1. The predicted octanol–water partition coefficient (Wildman–Crippen LogP) is 1.74. The van der Waals surface area contributed by atoms with E-state index in [0.29, 0.717) is 12.8 Å². The summed E-state index contributed by atoms with van der Waals surface area (Å²) in [7, 11) is 1.25. The van der Waals surface area contributed by atoms with Crippen LogP contribution in [0, 0.1) is 5.92 Å². The average molecular weight is 489 g/mol. The van der Waals surface area contributed by atoms with E-state index in [-0.39, 0.29) is 12.3 Å². The minimum Gasteiger partial charge on any atom is -0.480 e. The number of carbonyl (C=O) groups excluding carboxylic acids is 3. The molecule has 0 spiro atoms. The summed E-state index contributed by atoms with van der Waals surface area (Å²) in [4.78, 5) is 52.9. The number of carbonyl (C=O) groups is 4. The molecular formula is C25H36N4O6. The third-order valence-electron chi connectivity index (χ3n) is 5.79. The fourth-order valence-corrected chi connectivity index (χ4v) is 3.84. The molecule has 1 unspecified atom stereocenters. The molecule has 2 rings (SSSR count). The van der Waals surface area contributed by atoms with Crippen LogP contribution >= 0.6 is 0 Å². The molecule has 0 radical (unpaired) electrons. The van der Waals surface area contributed by atoms with Crippen LogP contribution in [-0.4, -0.2) is 65.1 Å². The summed E-state index contributed by atoms with van der Waals surface area (Å²) in [5.74, 6) is -2.59. The minimum absolute atomic E-state index is 0.0715. The molecule has 0 aliphatic rings. The Morgan fingerprint density at radius 1 is 1.00 bits per heavy atom. The van der Waals surface area contributed by atoms with Crippen LogP contribution in [0.4, 0.5) is 0 Å². The van der Waals surface area contributed by atoms with Gasteiger partial charge in [-0.25, -0.2) is 4.79 Å². The van der Waals surface area contributed by atoms with E-state index in [1.54, 1.807) is 13.1 Å². The first-order valence-electron chi connectivity index (χ1n) is 11.8. The molecule has 0 aliphatic carbocycles. The van der Waals surface area contributed by atoms with Gasteiger partial charge in [0.15, 0.2) is 0 Å². The van der Waals surface area contributed by atoms with E-state index in [9.17, 15) is 24.3 Å². The number of hydrogen-bond acceptors (Lipinski definition) is 6. The van der Waals surface area contributed by atoms with Crippen molar-refractivity contribution in [3.63, 3.8) is 0 Å². The number of benzene rings is 1. The zero-order valence-electron chi connectivity index (χ0n) is 20.9. The van der Waals surface area contributed by atoms with E-state index in [2.05, 4.69) is 20.9 Å². The van der Waals surface area contributed by atoms with Crippen molar-refractivity contribution < 1.29 is 29.0 Å². The molecule has 0 saturated heterocycles. The predicted molar refractivity (Wildman–Crippen MR) is 132 cm³/mol. The number of carboxylic acid groups (broad SMARTS) is 1. The van der Waals surface area contributed by atoms with Crippen molar-refractivity contribution in [2.45, 2.75) is 71.1 Å². The fraction of sp³-hybridized carbons (Fsp3) is 0.520. The number of fused-ring (bicyclic) bond motifs is 1. The summed E-state index contributed by atoms with van der Waals surface area (Å²) in [6, 6.07) is 3.97. The Bertz CT molecular complexity index is 1030. The smallest absolute Gasteiger partial charge is 0.328 e. The van der Waals surface area contributed by atoms with Gasteiger partial charge in [-0.15, -0.1) is 0 Å². The topological polar surface area (TPSA) is 150 Å². The van der Waals surface area contributed by atoms with E-state index >= 15 is 0 Å². The highest BCUT2D eigenvalue weighted by Gasteiger charge is 2.31.